The first-order valence-corrected chi connectivity index (χ1v) is 11.6. The van der Waals surface area contributed by atoms with Gasteiger partial charge in [0, 0.05) is 24.9 Å². The van der Waals surface area contributed by atoms with E-state index in [9.17, 15) is 18.0 Å². The quantitative estimate of drug-likeness (QED) is 0.557. The number of rotatable bonds is 2. The molecule has 1 aromatic carbocycles. The molecule has 3 fully saturated rings. The summed E-state index contributed by atoms with van der Waals surface area (Å²) in [5.74, 6) is -0.278. The molecule has 0 aromatic heterocycles. The van der Waals surface area contributed by atoms with Crippen LogP contribution in [0.2, 0.25) is 0 Å². The van der Waals surface area contributed by atoms with E-state index in [1.807, 2.05) is 38.1 Å². The number of nitrogens with one attached hydrogen (secondary N) is 1. The van der Waals surface area contributed by atoms with Gasteiger partial charge < -0.3 is 10.1 Å². The highest BCUT2D eigenvalue weighted by molar-refractivity contribution is 7.85. The van der Waals surface area contributed by atoms with Crippen LogP contribution in [-0.4, -0.2) is 43.6 Å². The number of ether oxygens (including phenoxy) is 1. The summed E-state index contributed by atoms with van der Waals surface area (Å²) in [5, 5.41) is 3.24. The number of esters is 1. The van der Waals surface area contributed by atoms with E-state index < -0.39 is 21.3 Å². The number of hydrogen-bond acceptors (Lipinski definition) is 6. The van der Waals surface area contributed by atoms with Crippen LogP contribution in [0.5, 0.6) is 0 Å². The van der Waals surface area contributed by atoms with Gasteiger partial charge in [0.05, 0.1) is 16.7 Å². The number of fused-ring (bicyclic) bond motifs is 4. The first-order valence-electron chi connectivity index (χ1n) is 10.0. The van der Waals surface area contributed by atoms with E-state index in [2.05, 4.69) is 5.32 Å². The van der Waals surface area contributed by atoms with Crippen molar-refractivity contribution in [1.82, 2.24) is 5.32 Å². The van der Waals surface area contributed by atoms with Crippen molar-refractivity contribution in [2.75, 3.05) is 18.8 Å². The molecule has 2 aliphatic carbocycles. The van der Waals surface area contributed by atoms with Crippen LogP contribution in [-0.2, 0) is 25.3 Å². The van der Waals surface area contributed by atoms with Crippen molar-refractivity contribution >= 4 is 21.9 Å². The fourth-order valence-electron chi connectivity index (χ4n) is 5.75. The van der Waals surface area contributed by atoms with Crippen LogP contribution in [0.3, 0.4) is 0 Å². The fourth-order valence-corrected chi connectivity index (χ4v) is 7.05. The van der Waals surface area contributed by atoms with Gasteiger partial charge in [-0.3, -0.25) is 9.35 Å². The number of carbonyl (C=O) groups excluding carboxylic acids is 2. The maximum absolute atomic E-state index is 11.9. The van der Waals surface area contributed by atoms with Crippen molar-refractivity contribution in [3.63, 3.8) is 0 Å². The number of carbonyl (C=O) groups is 2. The Bertz CT molecular complexity index is 963. The number of Topliss-reactive ketones (excluding diaryl/α,β-unsaturated/α-hetero) is 1. The van der Waals surface area contributed by atoms with Crippen LogP contribution < -0.4 is 5.32 Å². The number of ketones is 1. The average Bonchev–Trinajstić information content (AvgIpc) is 3.32. The van der Waals surface area contributed by atoms with E-state index in [4.69, 9.17) is 9.29 Å². The predicted molar refractivity (Wildman–Crippen MR) is 106 cm³/mol. The normalized spacial score (nSPS) is 34.1. The van der Waals surface area contributed by atoms with Crippen molar-refractivity contribution in [3.8, 4) is 0 Å². The van der Waals surface area contributed by atoms with E-state index in [1.165, 1.54) is 0 Å². The summed E-state index contributed by atoms with van der Waals surface area (Å²) in [5.41, 5.74) is 0.296. The minimum Gasteiger partial charge on any atom is -0.449 e. The Kier molecular flexibility index (Phi) is 4.68. The summed E-state index contributed by atoms with van der Waals surface area (Å²) in [6, 6.07) is 7.67. The molecular formula is C21H27NO6S. The molecule has 3 atom stereocenters. The Morgan fingerprint density at radius 2 is 1.93 bits per heavy atom. The molecule has 7 nitrogen and oxygen atoms in total. The van der Waals surface area contributed by atoms with Gasteiger partial charge in [0.2, 0.25) is 0 Å². The lowest BCUT2D eigenvalue weighted by Gasteiger charge is -2.35. The zero-order chi connectivity index (χ0) is 21.1. The summed E-state index contributed by atoms with van der Waals surface area (Å²) in [7, 11) is -4.08. The van der Waals surface area contributed by atoms with E-state index in [0.29, 0.717) is 12.8 Å². The van der Waals surface area contributed by atoms with Gasteiger partial charge in [-0.15, -0.1) is 0 Å². The lowest BCUT2D eigenvalue weighted by atomic mass is 9.70. The highest BCUT2D eigenvalue weighted by Crippen LogP contribution is 2.64. The van der Waals surface area contributed by atoms with Crippen LogP contribution in [0, 0.1) is 16.7 Å². The maximum Gasteiger partial charge on any atom is 0.339 e. The molecule has 2 bridgehead atoms. The van der Waals surface area contributed by atoms with Gasteiger partial charge in [0.15, 0.2) is 5.60 Å². The van der Waals surface area contributed by atoms with E-state index in [1.54, 1.807) is 0 Å². The summed E-state index contributed by atoms with van der Waals surface area (Å²) in [6.45, 7) is 5.55. The van der Waals surface area contributed by atoms with Gasteiger partial charge >= 0.3 is 5.97 Å². The molecule has 2 saturated carbocycles. The zero-order valence-corrected chi connectivity index (χ0v) is 17.5. The van der Waals surface area contributed by atoms with Gasteiger partial charge in [0.1, 0.15) is 5.78 Å². The average molecular weight is 422 g/mol. The highest BCUT2D eigenvalue weighted by Gasteiger charge is 2.65. The molecule has 0 unspecified atom stereocenters. The molecule has 2 heterocycles. The lowest BCUT2D eigenvalue weighted by Crippen LogP contribution is -2.42. The van der Waals surface area contributed by atoms with Crippen LogP contribution >= 0.6 is 0 Å². The molecule has 2 aliphatic heterocycles. The van der Waals surface area contributed by atoms with Crippen LogP contribution in [0.15, 0.2) is 24.3 Å². The molecule has 5 rings (SSSR count). The van der Waals surface area contributed by atoms with E-state index >= 15 is 0 Å². The number of hydrogen-bond donors (Lipinski definition) is 2. The molecule has 2 N–H and O–H groups in total. The Balaban J connectivity index is 0.000000141. The molecule has 1 aromatic rings. The van der Waals surface area contributed by atoms with Gasteiger partial charge in [-0.05, 0) is 36.8 Å². The third kappa shape index (κ3) is 3.12. The molecule has 8 heteroatoms. The number of benzene rings is 1. The summed E-state index contributed by atoms with van der Waals surface area (Å²) in [4.78, 5) is 23.5. The second-order valence-electron chi connectivity index (χ2n) is 9.25. The fraction of sp³-hybridized carbons (Fsp3) is 0.619. The second-order valence-corrected chi connectivity index (χ2v) is 10.7. The standard InChI is InChI=1S/C11H11NO2.C10H16O4S/c13-10-8-3-1-2-4-9(8)11(14-10)5-6-12-7-11;1-9(2)7-3-4-10(9,8(11)5-7)6-15(12,13)14/h1-4,12H,5-7H2;7H,3-6H2,1-2H3,(H,12,13,14)/t11-;7-,10-/m01/s1. The predicted octanol–water partition coefficient (Wildman–Crippen LogP) is 2.32. The molecule has 4 aliphatic rings. The Labute approximate surface area is 171 Å². The third-order valence-electron chi connectivity index (χ3n) is 7.61. The minimum atomic E-state index is -4.08. The van der Waals surface area contributed by atoms with Crippen LogP contribution in [0.4, 0.5) is 0 Å². The lowest BCUT2D eigenvalue weighted by molar-refractivity contribution is -0.128. The highest BCUT2D eigenvalue weighted by atomic mass is 32.2. The van der Waals surface area contributed by atoms with Crippen molar-refractivity contribution in [2.45, 2.75) is 45.1 Å². The first kappa shape index (κ1) is 20.5. The van der Waals surface area contributed by atoms with Crippen molar-refractivity contribution in [2.24, 2.45) is 16.7 Å². The monoisotopic (exact) mass is 421 g/mol. The van der Waals surface area contributed by atoms with Gasteiger partial charge in [-0.1, -0.05) is 32.0 Å². The molecule has 0 amide bonds. The third-order valence-corrected chi connectivity index (χ3v) is 8.47. The Morgan fingerprint density at radius 1 is 1.21 bits per heavy atom. The van der Waals surface area contributed by atoms with Crippen LogP contribution in [0.25, 0.3) is 0 Å². The largest absolute Gasteiger partial charge is 0.449 e. The zero-order valence-electron chi connectivity index (χ0n) is 16.7. The molecule has 1 saturated heterocycles. The molecule has 0 radical (unpaired) electrons. The van der Waals surface area contributed by atoms with Crippen molar-refractivity contribution in [1.29, 1.82) is 0 Å². The Hall–Kier alpha value is -1.77. The molecule has 29 heavy (non-hydrogen) atoms. The van der Waals surface area contributed by atoms with Gasteiger partial charge in [-0.2, -0.15) is 8.42 Å². The minimum absolute atomic E-state index is 0.0152. The Morgan fingerprint density at radius 3 is 2.48 bits per heavy atom. The van der Waals surface area contributed by atoms with E-state index in [0.717, 1.165) is 37.1 Å². The van der Waals surface area contributed by atoms with Gasteiger partial charge in [-0.25, -0.2) is 4.79 Å². The SMILES string of the molecule is CC1(C)[C@@H]2CC[C@@]1(CS(=O)(=O)O)C(=O)C2.O=C1O[C@]2(CCNC2)c2ccccc21. The summed E-state index contributed by atoms with van der Waals surface area (Å²) < 4.78 is 36.5. The smallest absolute Gasteiger partial charge is 0.339 e. The summed E-state index contributed by atoms with van der Waals surface area (Å²) in [6.07, 6.45) is 2.86. The molecule has 158 valence electrons. The van der Waals surface area contributed by atoms with Crippen molar-refractivity contribution in [3.05, 3.63) is 35.4 Å². The van der Waals surface area contributed by atoms with E-state index in [-0.39, 0.29) is 28.7 Å². The summed E-state index contributed by atoms with van der Waals surface area (Å²) >= 11 is 0. The maximum atomic E-state index is 11.9. The molecule has 1 spiro atoms. The molecular weight excluding hydrogens is 394 g/mol. The first-order chi connectivity index (χ1) is 13.5. The topological polar surface area (TPSA) is 110 Å². The van der Waals surface area contributed by atoms with Gasteiger partial charge in [0.25, 0.3) is 10.1 Å². The van der Waals surface area contributed by atoms with Crippen LogP contribution in [0.1, 0.15) is 55.5 Å². The second kappa shape index (κ2) is 6.62. The van der Waals surface area contributed by atoms with Crippen molar-refractivity contribution < 1.29 is 27.3 Å².